The third-order valence-corrected chi connectivity index (χ3v) is 9.03. The van der Waals surface area contributed by atoms with Gasteiger partial charge in [0, 0.05) is 50.8 Å². The van der Waals surface area contributed by atoms with Crippen LogP contribution in [0.3, 0.4) is 0 Å². The summed E-state index contributed by atoms with van der Waals surface area (Å²) in [4.78, 5) is 45.8. The summed E-state index contributed by atoms with van der Waals surface area (Å²) in [6, 6.07) is 10.5. The van der Waals surface area contributed by atoms with Crippen LogP contribution in [0.15, 0.2) is 84.0 Å². The molecule has 4 rings (SSSR count). The Balaban J connectivity index is 1.80. The number of methoxy groups -OCH3 is 2. The number of ether oxygens (including phenoxy) is 3. The van der Waals surface area contributed by atoms with E-state index in [9.17, 15) is 33.8 Å². The number of anilines is 1. The second-order valence-corrected chi connectivity index (χ2v) is 14.3. The van der Waals surface area contributed by atoms with E-state index in [0.29, 0.717) is 17.7 Å². The molecule has 1 aliphatic heterocycles. The van der Waals surface area contributed by atoms with E-state index in [1.54, 1.807) is 44.2 Å². The molecule has 1 unspecified atom stereocenters. The third-order valence-electron chi connectivity index (χ3n) is 7.87. The Morgan fingerprint density at radius 2 is 1.67 bits per heavy atom. The smallest absolute Gasteiger partial charge is 0.410 e. The Hall–Kier alpha value is -4.28. The molecule has 3 aromatic rings. The normalized spacial score (nSPS) is 18.7. The van der Waals surface area contributed by atoms with E-state index >= 15 is 0 Å². The molecule has 1 fully saturated rings. The molecule has 1 aromatic heterocycles. The maximum atomic E-state index is 14.6. The topological polar surface area (TPSA) is 110 Å². The number of carbonyl (C=O) groups excluding carboxylic acids is 3. The third kappa shape index (κ3) is 8.99. The van der Waals surface area contributed by atoms with Crippen molar-refractivity contribution in [2.24, 2.45) is 0 Å². The molecule has 16 heteroatoms. The number of amides is 3. The number of nitrogens with zero attached hydrogens (tertiary/aromatic N) is 3. The van der Waals surface area contributed by atoms with Crippen molar-refractivity contribution < 1.29 is 48.0 Å². The van der Waals surface area contributed by atoms with Crippen molar-refractivity contribution in [3.63, 3.8) is 0 Å². The highest BCUT2D eigenvalue weighted by Crippen LogP contribution is 3.02. The zero-order valence-corrected chi connectivity index (χ0v) is 27.5. The summed E-state index contributed by atoms with van der Waals surface area (Å²) in [6.07, 6.45) is 1.11. The van der Waals surface area contributed by atoms with Gasteiger partial charge in [0.15, 0.2) is 0 Å². The van der Waals surface area contributed by atoms with Gasteiger partial charge in [0.2, 0.25) is 5.91 Å². The lowest BCUT2D eigenvalue weighted by Crippen LogP contribution is -2.53. The molecule has 0 spiro atoms. The Morgan fingerprint density at radius 1 is 1.00 bits per heavy atom. The van der Waals surface area contributed by atoms with Gasteiger partial charge in [-0.3, -0.25) is 24.4 Å². The van der Waals surface area contributed by atoms with E-state index in [2.05, 4.69) is 10.3 Å². The molecule has 2 heterocycles. The van der Waals surface area contributed by atoms with Gasteiger partial charge in [-0.05, 0) is 49.7 Å². The van der Waals surface area contributed by atoms with E-state index in [1.807, 2.05) is 0 Å². The van der Waals surface area contributed by atoms with Crippen LogP contribution in [-0.4, -0.2) is 72.8 Å². The van der Waals surface area contributed by atoms with Crippen LogP contribution in [0.4, 0.5) is 29.9 Å². The first-order valence-electron chi connectivity index (χ1n) is 14.7. The van der Waals surface area contributed by atoms with Crippen LogP contribution in [-0.2, 0) is 30.4 Å². The van der Waals surface area contributed by atoms with Gasteiger partial charge in [0.25, 0.3) is 5.91 Å². The van der Waals surface area contributed by atoms with Crippen molar-refractivity contribution in [2.45, 2.75) is 55.6 Å². The van der Waals surface area contributed by atoms with Crippen molar-refractivity contribution >= 4 is 33.8 Å². The van der Waals surface area contributed by atoms with Crippen molar-refractivity contribution in [1.29, 1.82) is 0 Å². The zero-order chi connectivity index (χ0) is 35.4. The highest BCUT2D eigenvalue weighted by atomic mass is 32.5. The fraction of sp³-hybridized carbons (Fsp3) is 0.375. The zero-order valence-electron chi connectivity index (χ0n) is 26.7. The summed E-state index contributed by atoms with van der Waals surface area (Å²) < 4.78 is 84.6. The summed E-state index contributed by atoms with van der Waals surface area (Å²) in [5.41, 5.74) is -0.355. The molecule has 1 aliphatic rings. The number of carbonyl (C=O) groups is 3. The van der Waals surface area contributed by atoms with E-state index in [0.717, 1.165) is 9.80 Å². The number of pyridine rings is 1. The summed E-state index contributed by atoms with van der Waals surface area (Å²) in [6.45, 7) is 3.14. The maximum Gasteiger partial charge on any atom is 0.410 e. The Kier molecular flexibility index (Phi) is 10.1. The summed E-state index contributed by atoms with van der Waals surface area (Å²) in [7, 11) is -7.28. The predicted octanol–water partition coefficient (Wildman–Crippen LogP) is 6.78. The second kappa shape index (κ2) is 13.3. The van der Waals surface area contributed by atoms with Gasteiger partial charge in [-0.1, -0.05) is 55.8 Å². The molecule has 3 amide bonds. The number of benzene rings is 2. The lowest BCUT2D eigenvalue weighted by Gasteiger charge is -2.41. The number of likely N-dealkylation sites (tertiary alicyclic amines) is 1. The minimum absolute atomic E-state index is 0.0443. The molecule has 0 aliphatic carbocycles. The Bertz CT molecular complexity index is 1600. The molecular weight excluding hydrogens is 663 g/mol. The van der Waals surface area contributed by atoms with Crippen LogP contribution in [0.1, 0.15) is 37.4 Å². The van der Waals surface area contributed by atoms with Gasteiger partial charge in [-0.25, -0.2) is 4.79 Å². The Morgan fingerprint density at radius 3 is 2.23 bits per heavy atom. The first kappa shape index (κ1) is 36.6. The number of rotatable bonds is 12. The number of hydrogen-bond acceptors (Lipinski definition) is 7. The lowest BCUT2D eigenvalue weighted by atomic mass is 10.0. The average Bonchev–Trinajstić information content (AvgIpc) is 3.50. The molecule has 0 saturated carbocycles. The molecule has 0 radical (unpaired) electrons. The van der Waals surface area contributed by atoms with Crippen molar-refractivity contribution in [3.05, 3.63) is 90.3 Å². The van der Waals surface area contributed by atoms with Crippen LogP contribution in [0.25, 0.3) is 0 Å². The van der Waals surface area contributed by atoms with Gasteiger partial charge in [0.1, 0.15) is 23.6 Å². The molecule has 3 atom stereocenters. The van der Waals surface area contributed by atoms with Crippen LogP contribution < -0.4 is 10.2 Å². The largest absolute Gasteiger partial charge is 0.445 e. The molecular formula is C32H37F5N4O6S. The Labute approximate surface area is 274 Å². The lowest BCUT2D eigenvalue weighted by molar-refractivity contribution is -0.129. The highest BCUT2D eigenvalue weighted by molar-refractivity contribution is 8.45. The molecule has 0 bridgehead atoms. The molecule has 10 nitrogen and oxygen atoms in total. The van der Waals surface area contributed by atoms with Crippen LogP contribution in [0, 0.1) is 0 Å². The first-order chi connectivity index (χ1) is 22.3. The molecule has 1 saturated heterocycles. The number of hydrogen-bond donors (Lipinski definition) is 1. The maximum absolute atomic E-state index is 14.6. The average molecular weight is 701 g/mol. The van der Waals surface area contributed by atoms with Crippen LogP contribution in [0.5, 0.6) is 0 Å². The van der Waals surface area contributed by atoms with E-state index < -0.39 is 56.8 Å². The summed E-state index contributed by atoms with van der Waals surface area (Å²) >= 11 is 0. The monoisotopic (exact) mass is 700 g/mol. The van der Waals surface area contributed by atoms with Crippen LogP contribution >= 0.6 is 10.2 Å². The molecule has 262 valence electrons. The number of aromatic nitrogens is 1. The van der Waals surface area contributed by atoms with E-state index in [1.165, 1.54) is 38.7 Å². The quantitative estimate of drug-likeness (QED) is 0.208. The second-order valence-electron chi connectivity index (χ2n) is 11.8. The standard InChI is InChI=1S/C32H37F5N4O6S/c1-32(2,46-4)21-39-29(42)28(23-11-8-16-38-18-23)41(24-12-14-26(15-13-24)48(33,34,35,36)37)30(43)27-17-25(45-3)19-40(27)31(44)47-20-22-9-6-5-7-10-22/h5-16,18,25,27-28H,17,19-21H2,1-4H3,(H,39,42)/t25-,27-,28?/m1/s1. The van der Waals surface area contributed by atoms with E-state index in [4.69, 9.17) is 14.2 Å². The van der Waals surface area contributed by atoms with Crippen molar-refractivity contribution in [1.82, 2.24) is 15.2 Å². The predicted molar refractivity (Wildman–Crippen MR) is 169 cm³/mol. The van der Waals surface area contributed by atoms with Crippen molar-refractivity contribution in [2.75, 3.05) is 32.2 Å². The fourth-order valence-corrected chi connectivity index (χ4v) is 5.71. The summed E-state index contributed by atoms with van der Waals surface area (Å²) in [5.74, 6) is -1.68. The minimum Gasteiger partial charge on any atom is -0.445 e. The molecule has 48 heavy (non-hydrogen) atoms. The number of nitrogens with one attached hydrogen (secondary N) is 1. The van der Waals surface area contributed by atoms with Gasteiger partial charge in [-0.2, -0.15) is 0 Å². The fourth-order valence-electron chi connectivity index (χ4n) is 5.06. The SMILES string of the molecule is CO[C@@H]1C[C@H](C(=O)N(c2ccc(S(F)(F)(F)(F)F)cc2)C(C(=O)NCC(C)(C)OC)c2cccnc2)N(C(=O)OCc2ccccc2)C1. The van der Waals surface area contributed by atoms with E-state index in [-0.39, 0.29) is 49.5 Å². The molecule has 2 aromatic carbocycles. The van der Waals surface area contributed by atoms with Gasteiger partial charge < -0.3 is 19.5 Å². The first-order valence-corrected chi connectivity index (χ1v) is 16.7. The van der Waals surface area contributed by atoms with Crippen molar-refractivity contribution in [3.8, 4) is 0 Å². The molecule has 1 N–H and O–H groups in total. The van der Waals surface area contributed by atoms with Crippen LogP contribution in [0.2, 0.25) is 0 Å². The van der Waals surface area contributed by atoms with Gasteiger partial charge in [-0.15, -0.1) is 0 Å². The minimum atomic E-state index is -10.1. The number of halogens is 5. The van der Waals surface area contributed by atoms with Gasteiger partial charge in [0.05, 0.1) is 18.2 Å². The van der Waals surface area contributed by atoms with Gasteiger partial charge >= 0.3 is 16.3 Å². The highest BCUT2D eigenvalue weighted by Gasteiger charge is 2.65. The summed E-state index contributed by atoms with van der Waals surface area (Å²) in [5, 5.41) is 2.70.